The molecule has 23 heavy (non-hydrogen) atoms. The van der Waals surface area contributed by atoms with E-state index in [9.17, 15) is 19.2 Å². The van der Waals surface area contributed by atoms with Crippen LogP contribution in [0.25, 0.3) is 0 Å². The first-order chi connectivity index (χ1) is 10.9. The molecular formula is C14H14ClN3O4S. The van der Waals surface area contributed by atoms with Gasteiger partial charge in [0.2, 0.25) is 17.7 Å². The van der Waals surface area contributed by atoms with Crippen molar-refractivity contribution in [2.75, 3.05) is 5.32 Å². The van der Waals surface area contributed by atoms with E-state index in [2.05, 4.69) is 16.0 Å². The Balaban J connectivity index is 1.70. The first-order valence-electron chi connectivity index (χ1n) is 7.19. The molecule has 122 valence electrons. The molecule has 4 amide bonds. The van der Waals surface area contributed by atoms with Gasteiger partial charge in [-0.3, -0.25) is 24.5 Å². The molecule has 2 fully saturated rings. The number of imide groups is 1. The number of hydrogen-bond acceptors (Lipinski definition) is 5. The summed E-state index contributed by atoms with van der Waals surface area (Å²) < 4.78 is 0.365. The van der Waals surface area contributed by atoms with Crippen molar-refractivity contribution in [2.24, 2.45) is 5.92 Å². The second-order valence-corrected chi connectivity index (χ2v) is 7.22. The van der Waals surface area contributed by atoms with Gasteiger partial charge in [-0.2, -0.15) is 0 Å². The zero-order valence-corrected chi connectivity index (χ0v) is 13.6. The zero-order valence-electron chi connectivity index (χ0n) is 12.0. The van der Waals surface area contributed by atoms with E-state index < -0.39 is 17.9 Å². The van der Waals surface area contributed by atoms with E-state index in [1.165, 1.54) is 6.07 Å². The van der Waals surface area contributed by atoms with Gasteiger partial charge in [0.1, 0.15) is 11.0 Å². The molecule has 3 rings (SSSR count). The molecule has 1 unspecified atom stereocenters. The van der Waals surface area contributed by atoms with E-state index in [-0.39, 0.29) is 36.1 Å². The van der Waals surface area contributed by atoms with Gasteiger partial charge < -0.3 is 10.6 Å². The van der Waals surface area contributed by atoms with E-state index in [0.29, 0.717) is 9.34 Å². The summed E-state index contributed by atoms with van der Waals surface area (Å²) in [4.78, 5) is 47.0. The van der Waals surface area contributed by atoms with Crippen LogP contribution >= 0.6 is 22.9 Å². The third kappa shape index (κ3) is 3.70. The number of carbonyl (C=O) groups is 4. The maximum atomic E-state index is 12.4. The maximum absolute atomic E-state index is 12.4. The molecule has 1 saturated heterocycles. The van der Waals surface area contributed by atoms with E-state index in [4.69, 9.17) is 11.6 Å². The summed E-state index contributed by atoms with van der Waals surface area (Å²) in [5, 5.41) is 7.83. The van der Waals surface area contributed by atoms with Crippen LogP contribution in [0.1, 0.15) is 36.0 Å². The summed E-state index contributed by atoms with van der Waals surface area (Å²) >= 11 is 7.04. The number of hydrogen-bond donors (Lipinski definition) is 3. The van der Waals surface area contributed by atoms with Crippen LogP contribution < -0.4 is 16.0 Å². The van der Waals surface area contributed by atoms with Crippen molar-refractivity contribution < 1.29 is 19.2 Å². The molecule has 0 radical (unpaired) electrons. The molecule has 1 atom stereocenters. The molecule has 0 spiro atoms. The fraction of sp³-hybridized carbons (Fsp3) is 0.429. The van der Waals surface area contributed by atoms with Crippen LogP contribution in [0.5, 0.6) is 0 Å². The van der Waals surface area contributed by atoms with Gasteiger partial charge in [-0.1, -0.05) is 11.6 Å². The molecule has 1 saturated carbocycles. The van der Waals surface area contributed by atoms with E-state index in [0.717, 1.165) is 24.2 Å². The first-order valence-corrected chi connectivity index (χ1v) is 8.38. The highest BCUT2D eigenvalue weighted by Gasteiger charge is 2.32. The quantitative estimate of drug-likeness (QED) is 0.708. The standard InChI is InChI=1S/C14H14ClN3O4S/c15-9-5-7(14(23-9)18-11(20)6-1-2-6)12(21)16-8-3-4-10(19)17-13(8)22/h5-6,8H,1-4H2,(H,16,21)(H,18,20)(H,17,19,22). The van der Waals surface area contributed by atoms with Crippen molar-refractivity contribution in [1.29, 1.82) is 0 Å². The number of piperidine rings is 1. The Bertz CT molecular complexity index is 698. The largest absolute Gasteiger partial charge is 0.340 e. The van der Waals surface area contributed by atoms with Gasteiger partial charge in [-0.05, 0) is 25.3 Å². The number of carbonyl (C=O) groups excluding carboxylic acids is 4. The summed E-state index contributed by atoms with van der Waals surface area (Å²) in [6.45, 7) is 0. The van der Waals surface area contributed by atoms with Crippen LogP contribution in [-0.4, -0.2) is 29.7 Å². The lowest BCUT2D eigenvalue weighted by Crippen LogP contribution is -2.52. The van der Waals surface area contributed by atoms with Crippen molar-refractivity contribution in [3.05, 3.63) is 16.0 Å². The lowest BCUT2D eigenvalue weighted by molar-refractivity contribution is -0.134. The molecule has 7 nitrogen and oxygen atoms in total. The van der Waals surface area contributed by atoms with E-state index >= 15 is 0 Å². The lowest BCUT2D eigenvalue weighted by Gasteiger charge is -2.21. The summed E-state index contributed by atoms with van der Waals surface area (Å²) in [5.41, 5.74) is 0.221. The van der Waals surface area contributed by atoms with Crippen molar-refractivity contribution in [2.45, 2.75) is 31.7 Å². The smallest absolute Gasteiger partial charge is 0.254 e. The van der Waals surface area contributed by atoms with Crippen molar-refractivity contribution >= 4 is 51.6 Å². The monoisotopic (exact) mass is 355 g/mol. The number of halogens is 1. The molecule has 1 aromatic rings. The summed E-state index contributed by atoms with van der Waals surface area (Å²) in [5.74, 6) is -1.51. The third-order valence-corrected chi connectivity index (χ3v) is 4.86. The van der Waals surface area contributed by atoms with Gasteiger partial charge in [-0.25, -0.2) is 0 Å². The molecule has 0 bridgehead atoms. The van der Waals surface area contributed by atoms with Crippen molar-refractivity contribution in [1.82, 2.24) is 10.6 Å². The van der Waals surface area contributed by atoms with Gasteiger partial charge >= 0.3 is 0 Å². The summed E-state index contributed by atoms with van der Waals surface area (Å²) in [6.07, 6.45) is 2.12. The number of rotatable bonds is 4. The highest BCUT2D eigenvalue weighted by molar-refractivity contribution is 7.20. The third-order valence-electron chi connectivity index (χ3n) is 3.68. The van der Waals surface area contributed by atoms with Crippen molar-refractivity contribution in [3.63, 3.8) is 0 Å². The molecule has 0 aromatic carbocycles. The fourth-order valence-electron chi connectivity index (χ4n) is 2.25. The second-order valence-electron chi connectivity index (χ2n) is 5.53. The average Bonchev–Trinajstić information content (AvgIpc) is 3.26. The summed E-state index contributed by atoms with van der Waals surface area (Å²) in [7, 11) is 0. The minimum absolute atomic E-state index is 0.00178. The fourth-order valence-corrected chi connectivity index (χ4v) is 3.37. The Labute approximate surface area is 140 Å². The Morgan fingerprint density at radius 3 is 2.65 bits per heavy atom. The molecular weight excluding hydrogens is 342 g/mol. The lowest BCUT2D eigenvalue weighted by atomic mass is 10.1. The van der Waals surface area contributed by atoms with Crippen LogP contribution in [0.4, 0.5) is 5.00 Å². The van der Waals surface area contributed by atoms with E-state index in [1.807, 2.05) is 0 Å². The van der Waals surface area contributed by atoms with Crippen LogP contribution in [0, 0.1) is 5.92 Å². The molecule has 2 aliphatic rings. The highest BCUT2D eigenvalue weighted by atomic mass is 35.5. The predicted octanol–water partition coefficient (Wildman–Crippen LogP) is 1.29. The minimum Gasteiger partial charge on any atom is -0.340 e. The SMILES string of the molecule is O=C1CCC(NC(=O)c2cc(Cl)sc2NC(=O)C2CC2)C(=O)N1. The van der Waals surface area contributed by atoms with E-state index in [1.54, 1.807) is 0 Å². The van der Waals surface area contributed by atoms with Crippen molar-refractivity contribution in [3.8, 4) is 0 Å². The van der Waals surface area contributed by atoms with Gasteiger partial charge in [0.25, 0.3) is 5.91 Å². The predicted molar refractivity (Wildman–Crippen MR) is 84.3 cm³/mol. The van der Waals surface area contributed by atoms with Gasteiger partial charge in [-0.15, -0.1) is 11.3 Å². The maximum Gasteiger partial charge on any atom is 0.254 e. The van der Waals surface area contributed by atoms with Gasteiger partial charge in [0, 0.05) is 12.3 Å². The molecule has 9 heteroatoms. The Hall–Kier alpha value is -1.93. The highest BCUT2D eigenvalue weighted by Crippen LogP contribution is 2.35. The van der Waals surface area contributed by atoms with Crippen LogP contribution in [0.3, 0.4) is 0 Å². The Morgan fingerprint density at radius 1 is 1.26 bits per heavy atom. The second kappa shape index (κ2) is 6.29. The summed E-state index contributed by atoms with van der Waals surface area (Å²) in [6, 6.07) is 0.682. The van der Waals surface area contributed by atoms with Crippen LogP contribution in [0.15, 0.2) is 6.07 Å². The molecule has 1 aliphatic carbocycles. The number of nitrogens with one attached hydrogen (secondary N) is 3. The molecule has 3 N–H and O–H groups in total. The topological polar surface area (TPSA) is 104 Å². The normalized spacial score (nSPS) is 20.8. The van der Waals surface area contributed by atoms with Crippen LogP contribution in [-0.2, 0) is 14.4 Å². The number of amides is 4. The van der Waals surface area contributed by atoms with Gasteiger partial charge in [0.15, 0.2) is 0 Å². The van der Waals surface area contributed by atoms with Crippen LogP contribution in [0.2, 0.25) is 4.34 Å². The number of thiophene rings is 1. The first kappa shape index (κ1) is 15.9. The molecule has 1 aliphatic heterocycles. The average molecular weight is 356 g/mol. The molecule has 1 aromatic heterocycles. The zero-order chi connectivity index (χ0) is 16.6. The Morgan fingerprint density at radius 2 is 2.00 bits per heavy atom. The molecule has 2 heterocycles. The Kier molecular flexibility index (Phi) is 4.36. The van der Waals surface area contributed by atoms with Gasteiger partial charge in [0.05, 0.1) is 9.90 Å². The minimum atomic E-state index is -0.772. The number of anilines is 1.